The highest BCUT2D eigenvalue weighted by atomic mass is 31.2. The van der Waals surface area contributed by atoms with E-state index >= 15 is 0 Å². The number of hydrogen-bond donors (Lipinski definition) is 2. The Morgan fingerprint density at radius 2 is 1.68 bits per heavy atom. The van der Waals surface area contributed by atoms with Crippen molar-refractivity contribution in [2.45, 2.75) is 70.3 Å². The van der Waals surface area contributed by atoms with Gasteiger partial charge in [-0.05, 0) is 42.3 Å². The molecule has 6 nitrogen and oxygen atoms in total. The molecule has 1 aromatic carbocycles. The second-order valence-electron chi connectivity index (χ2n) is 7.17. The summed E-state index contributed by atoms with van der Waals surface area (Å²) in [4.78, 5) is 20.6. The molecule has 28 heavy (non-hydrogen) atoms. The van der Waals surface area contributed by atoms with Crippen molar-refractivity contribution in [3.63, 3.8) is 0 Å². The van der Waals surface area contributed by atoms with Gasteiger partial charge in [-0.2, -0.15) is 0 Å². The fraction of sp³-hybridized carbons (Fsp3) is 0.600. The topological polar surface area (TPSA) is 106 Å². The van der Waals surface area contributed by atoms with Gasteiger partial charge in [-0.1, -0.05) is 74.5 Å². The minimum Gasteiger partial charge on any atom is -0.321 e. The predicted octanol–water partition coefficient (Wildman–Crippen LogP) is 6.23. The molecule has 1 rings (SSSR count). The van der Waals surface area contributed by atoms with Gasteiger partial charge in [-0.25, -0.2) is 0 Å². The second kappa shape index (κ2) is 12.7. The molecular weight excluding hydrogens is 380 g/mol. The number of unbranched alkanes of at least 4 members (excludes halogenated alkanes) is 5. The van der Waals surface area contributed by atoms with Gasteiger partial charge in [0.1, 0.15) is 6.67 Å². The molecule has 0 saturated carbocycles. The average Bonchev–Trinajstić information content (AvgIpc) is 2.67. The maximum atomic E-state index is 13.5. The zero-order chi connectivity index (χ0) is 20.9. The number of aryl methyl sites for hydroxylation is 2. The summed E-state index contributed by atoms with van der Waals surface area (Å²) in [6, 6.07) is 8.05. The number of rotatable bonds is 14. The Bertz CT molecular complexity index is 699. The molecular formula is C20H31FN3O3P. The Kier molecular flexibility index (Phi) is 11.1. The van der Waals surface area contributed by atoms with E-state index in [2.05, 4.69) is 29.1 Å². The maximum Gasteiger partial charge on any atom is 0.348 e. The van der Waals surface area contributed by atoms with Crippen molar-refractivity contribution in [2.75, 3.05) is 6.67 Å². The second-order valence-corrected chi connectivity index (χ2v) is 8.64. The minimum atomic E-state index is -4.45. The Morgan fingerprint density at radius 1 is 1.11 bits per heavy atom. The Labute approximate surface area is 166 Å². The lowest BCUT2D eigenvalue weighted by Gasteiger charge is -2.21. The first kappa shape index (κ1) is 24.4. The molecule has 0 aliphatic carbocycles. The summed E-state index contributed by atoms with van der Waals surface area (Å²) in [6.45, 7) is 1.18. The van der Waals surface area contributed by atoms with E-state index in [1.165, 1.54) is 37.7 Å². The Hall–Kier alpha value is -1.65. The monoisotopic (exact) mass is 411 g/mol. The van der Waals surface area contributed by atoms with Gasteiger partial charge in [0.25, 0.3) is 0 Å². The molecule has 0 radical (unpaired) electrons. The molecule has 0 aromatic heterocycles. The summed E-state index contributed by atoms with van der Waals surface area (Å²) in [6.07, 6.45) is 10.1. The Morgan fingerprint density at radius 3 is 2.21 bits per heavy atom. The number of benzene rings is 1. The van der Waals surface area contributed by atoms with Crippen LogP contribution in [0.5, 0.6) is 0 Å². The van der Waals surface area contributed by atoms with Gasteiger partial charge in [0.15, 0.2) is 0 Å². The first-order valence-corrected chi connectivity index (χ1v) is 11.5. The zero-order valence-corrected chi connectivity index (χ0v) is 17.4. The number of hydrogen-bond acceptors (Lipinski definition) is 2. The van der Waals surface area contributed by atoms with Crippen LogP contribution >= 0.6 is 7.60 Å². The van der Waals surface area contributed by atoms with Crippen LogP contribution in [0.3, 0.4) is 0 Å². The third-order valence-corrected chi connectivity index (χ3v) is 5.28. The summed E-state index contributed by atoms with van der Waals surface area (Å²) < 4.78 is 24.5. The summed E-state index contributed by atoms with van der Waals surface area (Å²) in [5.74, 6) is 0.602. The van der Waals surface area contributed by atoms with Gasteiger partial charge in [0.05, 0.1) is 5.54 Å². The lowest BCUT2D eigenvalue weighted by atomic mass is 9.93. The van der Waals surface area contributed by atoms with Crippen molar-refractivity contribution in [1.82, 2.24) is 0 Å². The lowest BCUT2D eigenvalue weighted by Crippen LogP contribution is -2.26. The minimum absolute atomic E-state index is 0.126. The molecule has 0 aliphatic rings. The lowest BCUT2D eigenvalue weighted by molar-refractivity contribution is 0.342. The van der Waals surface area contributed by atoms with Crippen LogP contribution < -0.4 is 0 Å². The highest BCUT2D eigenvalue weighted by Gasteiger charge is 2.27. The molecule has 156 valence electrons. The van der Waals surface area contributed by atoms with Crippen LogP contribution in [0.15, 0.2) is 41.3 Å². The van der Waals surface area contributed by atoms with Crippen LogP contribution in [0.25, 0.3) is 10.4 Å². The first-order chi connectivity index (χ1) is 13.3. The predicted molar refractivity (Wildman–Crippen MR) is 111 cm³/mol. The number of azide groups is 1. The third-order valence-electron chi connectivity index (χ3n) is 4.74. The van der Waals surface area contributed by atoms with E-state index in [-0.39, 0.29) is 6.42 Å². The molecule has 1 atom stereocenters. The van der Waals surface area contributed by atoms with Crippen LogP contribution in [0.4, 0.5) is 4.39 Å². The fourth-order valence-corrected chi connectivity index (χ4v) is 3.44. The molecule has 1 unspecified atom stereocenters. The largest absolute Gasteiger partial charge is 0.348 e. The first-order valence-electron chi connectivity index (χ1n) is 9.80. The van der Waals surface area contributed by atoms with Crippen molar-refractivity contribution < 1.29 is 18.7 Å². The van der Waals surface area contributed by atoms with Gasteiger partial charge in [0.2, 0.25) is 0 Å². The van der Waals surface area contributed by atoms with Crippen LogP contribution in [0, 0.1) is 0 Å². The third kappa shape index (κ3) is 10.0. The summed E-state index contributed by atoms with van der Waals surface area (Å²) in [5.41, 5.74) is 9.34. The zero-order valence-electron chi connectivity index (χ0n) is 16.5. The Balaban J connectivity index is 2.60. The maximum absolute atomic E-state index is 13.5. The molecule has 0 saturated heterocycles. The molecule has 8 heteroatoms. The van der Waals surface area contributed by atoms with E-state index in [9.17, 15) is 8.96 Å². The molecule has 0 bridgehead atoms. The van der Waals surface area contributed by atoms with Crippen molar-refractivity contribution in [3.8, 4) is 0 Å². The van der Waals surface area contributed by atoms with Gasteiger partial charge in [0, 0.05) is 10.7 Å². The van der Waals surface area contributed by atoms with E-state index in [4.69, 9.17) is 15.3 Å². The van der Waals surface area contributed by atoms with Crippen LogP contribution in [-0.4, -0.2) is 22.0 Å². The van der Waals surface area contributed by atoms with Gasteiger partial charge in [-0.15, -0.1) is 0 Å². The van der Waals surface area contributed by atoms with Crippen LogP contribution in [0.2, 0.25) is 0 Å². The summed E-state index contributed by atoms with van der Waals surface area (Å²) >= 11 is 0. The molecule has 0 amide bonds. The van der Waals surface area contributed by atoms with Crippen molar-refractivity contribution >= 4 is 7.60 Å². The highest BCUT2D eigenvalue weighted by molar-refractivity contribution is 7.55. The summed E-state index contributed by atoms with van der Waals surface area (Å²) in [5, 5.41) is 3.46. The number of nitrogens with zero attached hydrogens (tertiary/aromatic N) is 3. The molecule has 0 spiro atoms. The highest BCUT2D eigenvalue weighted by Crippen LogP contribution is 2.38. The van der Waals surface area contributed by atoms with E-state index < -0.39 is 19.8 Å². The molecule has 2 N–H and O–H groups in total. The van der Waals surface area contributed by atoms with E-state index in [1.807, 2.05) is 12.1 Å². The molecule has 0 heterocycles. The normalized spacial score (nSPS) is 14.0. The molecule has 0 fully saturated rings. The fourth-order valence-electron chi connectivity index (χ4n) is 2.97. The van der Waals surface area contributed by atoms with Crippen LogP contribution in [-0.2, 0) is 17.4 Å². The van der Waals surface area contributed by atoms with Gasteiger partial charge >= 0.3 is 7.60 Å². The SMILES string of the molecule is CCCCCCCCc1ccc(CCC(C=CP(=O)(O)O)(CF)N=[N+]=[N-])cc1. The van der Waals surface area contributed by atoms with E-state index in [1.54, 1.807) is 0 Å². The van der Waals surface area contributed by atoms with Crippen LogP contribution in [0.1, 0.15) is 63.0 Å². The van der Waals surface area contributed by atoms with Crippen molar-refractivity contribution in [2.24, 2.45) is 5.11 Å². The average molecular weight is 411 g/mol. The molecule has 1 aromatic rings. The summed E-state index contributed by atoms with van der Waals surface area (Å²) in [7, 11) is -4.45. The smallest absolute Gasteiger partial charge is 0.321 e. The van der Waals surface area contributed by atoms with Crippen molar-refractivity contribution in [3.05, 3.63) is 57.7 Å². The van der Waals surface area contributed by atoms with E-state index in [0.29, 0.717) is 12.2 Å². The van der Waals surface area contributed by atoms with Gasteiger partial charge < -0.3 is 9.79 Å². The number of halogens is 1. The van der Waals surface area contributed by atoms with Crippen molar-refractivity contribution in [1.29, 1.82) is 0 Å². The van der Waals surface area contributed by atoms with Gasteiger partial charge in [-0.3, -0.25) is 8.96 Å². The molecule has 0 aliphatic heterocycles. The number of alkyl halides is 1. The standard InChI is InChI=1S/C20H31FN3O3P/c1-2-3-4-5-6-7-8-18-9-11-19(12-10-18)13-14-20(17-21,23-24-22)15-16-28(25,26)27/h9-12,15-16H,2-8,13-14,17H2,1H3,(H2,25,26,27). The quantitative estimate of drug-likeness (QED) is 0.124. The van der Waals surface area contributed by atoms with E-state index in [0.717, 1.165) is 24.5 Å².